The molecule has 0 aliphatic carbocycles. The van der Waals surface area contributed by atoms with E-state index < -0.39 is 25.7 Å². The zero-order valence-corrected chi connectivity index (χ0v) is 32.3. The van der Waals surface area contributed by atoms with E-state index in [1.165, 1.54) is 13.8 Å². The van der Waals surface area contributed by atoms with Crippen molar-refractivity contribution in [1.29, 1.82) is 0 Å². The highest BCUT2D eigenvalue weighted by Crippen LogP contribution is 2.39. The van der Waals surface area contributed by atoms with Crippen LogP contribution in [0, 0.1) is 0 Å². The van der Waals surface area contributed by atoms with Crippen LogP contribution in [-0.4, -0.2) is 37.6 Å². The monoisotopic (exact) mass is 706 g/mol. The van der Waals surface area contributed by atoms with Crippen molar-refractivity contribution < 1.29 is 36.1 Å². The number of aryl methyl sites for hydroxylation is 3. The molecule has 8 nitrogen and oxygen atoms in total. The van der Waals surface area contributed by atoms with E-state index in [2.05, 4.69) is 32.3 Å². The Hall–Kier alpha value is -3.33. The molecule has 0 amide bonds. The smallest absolute Gasteiger partial charge is 0.317 e. The highest BCUT2D eigenvalue weighted by atomic mass is 28.5. The Bertz CT molecular complexity index is 1390. The molecule has 0 aromatic heterocycles. The minimum atomic E-state index is -2.65. The molecule has 1 aliphatic rings. The van der Waals surface area contributed by atoms with Crippen LogP contribution in [0.3, 0.4) is 0 Å². The topological polar surface area (TPSA) is 89.5 Å². The Kier molecular flexibility index (Phi) is 13.2. The zero-order chi connectivity index (χ0) is 34.8. The second-order valence-corrected chi connectivity index (χ2v) is 23.8. The van der Waals surface area contributed by atoms with Crippen LogP contribution in [0.2, 0.25) is 37.8 Å². The molecule has 2 atom stereocenters. The van der Waals surface area contributed by atoms with Gasteiger partial charge in [0, 0.05) is 13.8 Å². The quantitative estimate of drug-likeness (QED) is 0.0632. The van der Waals surface area contributed by atoms with Crippen LogP contribution in [0.1, 0.15) is 56.7 Å². The molecule has 0 radical (unpaired) electrons. The van der Waals surface area contributed by atoms with E-state index in [1.807, 2.05) is 73.7 Å². The molecule has 3 aromatic rings. The van der Waals surface area contributed by atoms with Crippen LogP contribution in [-0.2, 0) is 41.2 Å². The van der Waals surface area contributed by atoms with Crippen molar-refractivity contribution in [3.8, 4) is 17.2 Å². The van der Waals surface area contributed by atoms with Crippen molar-refractivity contribution in [3.05, 3.63) is 102 Å². The predicted octanol–water partition coefficient (Wildman–Crippen LogP) is 8.93. The number of rotatable bonds is 16. The lowest BCUT2D eigenvalue weighted by Crippen LogP contribution is -2.67. The minimum absolute atomic E-state index is 0.326. The fourth-order valence-electron chi connectivity index (χ4n) is 6.47. The van der Waals surface area contributed by atoms with E-state index in [9.17, 15) is 9.59 Å². The van der Waals surface area contributed by atoms with E-state index in [4.69, 9.17) is 26.6 Å². The maximum atomic E-state index is 11.7. The van der Waals surface area contributed by atoms with Gasteiger partial charge in [0.15, 0.2) is 0 Å². The maximum absolute atomic E-state index is 11.7. The fourth-order valence-corrected chi connectivity index (χ4v) is 24.0. The van der Waals surface area contributed by atoms with Gasteiger partial charge in [-0.15, -0.1) is 0 Å². The Morgan fingerprint density at radius 2 is 0.833 bits per heavy atom. The van der Waals surface area contributed by atoms with Crippen molar-refractivity contribution in [1.82, 2.24) is 0 Å². The Morgan fingerprint density at radius 1 is 0.542 bits per heavy atom. The minimum Gasteiger partial charge on any atom is -0.462 e. The molecule has 1 fully saturated rings. The van der Waals surface area contributed by atoms with Crippen molar-refractivity contribution in [2.24, 2.45) is 0 Å². The molecule has 2 unspecified atom stereocenters. The molecule has 0 spiro atoms. The standard InChI is InChI=1S/C37H50O8Si3/c1-29(2)40-35-23-11-8-17-32(35)20-14-26-46(5)43-47(6,27-15-21-33-18-9-12-24-36(33)41-30(3)38)45-48(7,44-46)28-16-22-34-19-10-13-25-37(34)42-31(4)39/h8-13,17-19,23-25H,1,14-16,20-22,26-28H2,2-7H3. The van der Waals surface area contributed by atoms with Gasteiger partial charge in [-0.3, -0.25) is 9.59 Å². The maximum Gasteiger partial charge on any atom is 0.317 e. The molecule has 11 heteroatoms. The van der Waals surface area contributed by atoms with Crippen molar-refractivity contribution in [2.45, 2.75) is 97.1 Å². The van der Waals surface area contributed by atoms with Crippen LogP contribution in [0.15, 0.2) is 85.1 Å². The number of hydrogen-bond acceptors (Lipinski definition) is 8. The summed E-state index contributed by atoms with van der Waals surface area (Å²) in [6.07, 6.45) is 4.94. The Balaban J connectivity index is 1.48. The van der Waals surface area contributed by atoms with Crippen molar-refractivity contribution in [2.75, 3.05) is 0 Å². The van der Waals surface area contributed by atoms with E-state index in [0.29, 0.717) is 17.3 Å². The van der Waals surface area contributed by atoms with Crippen LogP contribution in [0.25, 0.3) is 0 Å². The summed E-state index contributed by atoms with van der Waals surface area (Å²) in [4.78, 5) is 23.3. The van der Waals surface area contributed by atoms with Gasteiger partial charge in [0.1, 0.15) is 17.2 Å². The molecule has 3 aromatic carbocycles. The normalized spacial score (nSPS) is 22.1. The molecule has 0 N–H and O–H groups in total. The summed E-state index contributed by atoms with van der Waals surface area (Å²) in [5, 5.41) is 0. The van der Waals surface area contributed by atoms with Crippen LogP contribution in [0.4, 0.5) is 0 Å². The third kappa shape index (κ3) is 11.4. The molecule has 0 bridgehead atoms. The highest BCUT2D eigenvalue weighted by molar-refractivity contribution is 6.93. The Morgan fingerprint density at radius 3 is 1.12 bits per heavy atom. The lowest BCUT2D eigenvalue weighted by atomic mass is 10.1. The molecule has 1 heterocycles. The molecule has 48 heavy (non-hydrogen) atoms. The van der Waals surface area contributed by atoms with Gasteiger partial charge in [0.2, 0.25) is 0 Å². The zero-order valence-electron chi connectivity index (χ0n) is 29.3. The lowest BCUT2D eigenvalue weighted by Gasteiger charge is -2.50. The number of carbonyl (C=O) groups is 2. The van der Waals surface area contributed by atoms with Gasteiger partial charge in [-0.25, -0.2) is 0 Å². The van der Waals surface area contributed by atoms with Crippen molar-refractivity contribution >= 4 is 37.6 Å². The number of ether oxygens (including phenoxy) is 3. The number of allylic oxidation sites excluding steroid dienone is 1. The highest BCUT2D eigenvalue weighted by Gasteiger charge is 2.55. The second kappa shape index (κ2) is 16.9. The summed E-state index contributed by atoms with van der Waals surface area (Å²) >= 11 is 0. The molecule has 1 aliphatic heterocycles. The average Bonchev–Trinajstić information content (AvgIpc) is 2.98. The van der Waals surface area contributed by atoms with Gasteiger partial charge in [0.05, 0.1) is 5.76 Å². The molecule has 4 rings (SSSR count). The summed E-state index contributed by atoms with van der Waals surface area (Å²) in [5.41, 5.74) is 3.14. The van der Waals surface area contributed by atoms with E-state index >= 15 is 0 Å². The van der Waals surface area contributed by atoms with Gasteiger partial charge in [0.25, 0.3) is 0 Å². The fraction of sp³-hybridized carbons (Fsp3) is 0.405. The Labute approximate surface area is 289 Å². The van der Waals surface area contributed by atoms with Gasteiger partial charge in [-0.1, -0.05) is 61.2 Å². The van der Waals surface area contributed by atoms with Gasteiger partial charge in [-0.05, 0) is 118 Å². The number of hydrogen-bond donors (Lipinski definition) is 0. The summed E-state index contributed by atoms with van der Waals surface area (Å²) in [7, 11) is -7.93. The lowest BCUT2D eigenvalue weighted by molar-refractivity contribution is -0.132. The summed E-state index contributed by atoms with van der Waals surface area (Å²) in [6, 6.07) is 25.9. The third-order valence-corrected chi connectivity index (χ3v) is 22.4. The number of benzene rings is 3. The average molecular weight is 707 g/mol. The SMILES string of the molecule is C=C(C)Oc1ccccc1CCC[Si]1(C)O[Si](C)(CCCc2ccccc2OC(C)=O)O[Si](C)(CCCc2ccccc2OC(C)=O)O1. The first kappa shape index (κ1) is 37.5. The first-order chi connectivity index (χ1) is 22.8. The third-order valence-electron chi connectivity index (χ3n) is 8.24. The molecule has 0 saturated carbocycles. The van der Waals surface area contributed by atoms with Crippen LogP contribution < -0.4 is 14.2 Å². The molecule has 258 valence electrons. The van der Waals surface area contributed by atoms with Crippen molar-refractivity contribution in [3.63, 3.8) is 0 Å². The van der Waals surface area contributed by atoms with Gasteiger partial charge >= 0.3 is 37.6 Å². The number of esters is 2. The predicted molar refractivity (Wildman–Crippen MR) is 195 cm³/mol. The summed E-state index contributed by atoms with van der Waals surface area (Å²) < 4.78 is 37.9. The van der Waals surface area contributed by atoms with Crippen LogP contribution in [0.5, 0.6) is 17.2 Å². The van der Waals surface area contributed by atoms with Gasteiger partial charge in [-0.2, -0.15) is 0 Å². The number of para-hydroxylation sites is 3. The second-order valence-electron chi connectivity index (χ2n) is 13.1. The first-order valence-corrected chi connectivity index (χ1v) is 24.4. The number of carbonyl (C=O) groups excluding carboxylic acids is 2. The molecular formula is C37H50O8Si3. The van der Waals surface area contributed by atoms with E-state index in [0.717, 1.165) is 79.1 Å². The first-order valence-electron chi connectivity index (χ1n) is 16.8. The summed E-state index contributed by atoms with van der Waals surface area (Å²) in [6.45, 7) is 15.2. The summed E-state index contributed by atoms with van der Waals surface area (Å²) in [5.74, 6) is 2.06. The van der Waals surface area contributed by atoms with Gasteiger partial charge < -0.3 is 26.6 Å². The van der Waals surface area contributed by atoms with E-state index in [-0.39, 0.29) is 11.9 Å². The molecule has 1 saturated heterocycles. The van der Waals surface area contributed by atoms with E-state index in [1.54, 1.807) is 0 Å². The largest absolute Gasteiger partial charge is 0.462 e. The molecular weight excluding hydrogens is 657 g/mol. The van der Waals surface area contributed by atoms with Crippen LogP contribution >= 0.6 is 0 Å².